The molecular weight excluding hydrogens is 453 g/mol. The van der Waals surface area contributed by atoms with Crippen molar-refractivity contribution in [2.45, 2.75) is 46.2 Å². The summed E-state index contributed by atoms with van der Waals surface area (Å²) < 4.78 is 5.81. The lowest BCUT2D eigenvalue weighted by atomic mass is 9.94. The highest BCUT2D eigenvalue weighted by Crippen LogP contribution is 2.22. The van der Waals surface area contributed by atoms with Crippen LogP contribution in [0.4, 0.5) is 5.69 Å². The summed E-state index contributed by atoms with van der Waals surface area (Å²) in [7, 11) is 4.07. The summed E-state index contributed by atoms with van der Waals surface area (Å²) in [5.41, 5.74) is 2.31. The minimum Gasteiger partial charge on any atom is -0.443 e. The number of anilines is 1. The smallest absolute Gasteiger partial charge is 0.213 e. The summed E-state index contributed by atoms with van der Waals surface area (Å²) >= 11 is 0. The summed E-state index contributed by atoms with van der Waals surface area (Å²) in [4.78, 5) is 11.1. The van der Waals surface area contributed by atoms with Gasteiger partial charge in [0.05, 0.1) is 19.3 Å². The number of oxazole rings is 1. The highest BCUT2D eigenvalue weighted by Gasteiger charge is 2.19. The molecule has 0 radical (unpaired) electrons. The van der Waals surface area contributed by atoms with E-state index in [9.17, 15) is 0 Å². The first kappa shape index (κ1) is 23.3. The SMILES string of the molecule is CCNC(=NCc1ccc(N(C)C)cc1)NCc1ncc(C(C)(C)C)o1.I. The molecule has 1 aromatic heterocycles. The molecular formula is C20H32IN5O. The van der Waals surface area contributed by atoms with Gasteiger partial charge in [-0.15, -0.1) is 24.0 Å². The van der Waals surface area contributed by atoms with Gasteiger partial charge in [-0.2, -0.15) is 0 Å². The lowest BCUT2D eigenvalue weighted by Crippen LogP contribution is -2.36. The van der Waals surface area contributed by atoms with Crippen LogP contribution >= 0.6 is 24.0 Å². The van der Waals surface area contributed by atoms with E-state index in [1.54, 1.807) is 6.20 Å². The van der Waals surface area contributed by atoms with Crippen molar-refractivity contribution in [3.05, 3.63) is 47.7 Å². The fourth-order valence-corrected chi connectivity index (χ4v) is 2.31. The van der Waals surface area contributed by atoms with Crippen molar-refractivity contribution in [1.82, 2.24) is 15.6 Å². The third-order valence-corrected chi connectivity index (χ3v) is 3.92. The zero-order valence-electron chi connectivity index (χ0n) is 17.2. The molecule has 150 valence electrons. The second-order valence-corrected chi connectivity index (χ2v) is 7.48. The highest BCUT2D eigenvalue weighted by molar-refractivity contribution is 14.0. The third kappa shape index (κ3) is 7.40. The van der Waals surface area contributed by atoms with Crippen LogP contribution in [0.3, 0.4) is 0 Å². The lowest BCUT2D eigenvalue weighted by molar-refractivity contribution is 0.379. The Bertz CT molecular complexity index is 717. The molecule has 0 atom stereocenters. The van der Waals surface area contributed by atoms with Crippen LogP contribution in [-0.2, 0) is 18.5 Å². The second-order valence-electron chi connectivity index (χ2n) is 7.48. The molecule has 0 fully saturated rings. The molecule has 2 rings (SSSR count). The van der Waals surface area contributed by atoms with Crippen LogP contribution in [0.5, 0.6) is 0 Å². The van der Waals surface area contributed by atoms with Crippen molar-refractivity contribution in [1.29, 1.82) is 0 Å². The molecule has 0 aliphatic rings. The van der Waals surface area contributed by atoms with Crippen molar-refractivity contribution in [3.63, 3.8) is 0 Å². The van der Waals surface area contributed by atoms with Crippen molar-refractivity contribution in [3.8, 4) is 0 Å². The molecule has 1 aromatic carbocycles. The summed E-state index contributed by atoms with van der Waals surface area (Å²) in [5.74, 6) is 2.30. The molecule has 0 bridgehead atoms. The minimum absolute atomic E-state index is 0. The highest BCUT2D eigenvalue weighted by atomic mass is 127. The minimum atomic E-state index is -0.0391. The normalized spacial score (nSPS) is 11.7. The van der Waals surface area contributed by atoms with E-state index in [0.29, 0.717) is 19.0 Å². The van der Waals surface area contributed by atoms with E-state index in [1.165, 1.54) is 11.3 Å². The molecule has 7 heteroatoms. The van der Waals surface area contributed by atoms with Gasteiger partial charge in [-0.1, -0.05) is 32.9 Å². The molecule has 6 nitrogen and oxygen atoms in total. The van der Waals surface area contributed by atoms with Gasteiger partial charge >= 0.3 is 0 Å². The molecule has 1 heterocycles. The van der Waals surface area contributed by atoms with Gasteiger partial charge in [0.15, 0.2) is 5.96 Å². The maximum absolute atomic E-state index is 5.81. The Labute approximate surface area is 179 Å². The van der Waals surface area contributed by atoms with Gasteiger partial charge in [0.1, 0.15) is 5.76 Å². The number of nitrogens with one attached hydrogen (secondary N) is 2. The van der Waals surface area contributed by atoms with E-state index in [4.69, 9.17) is 4.42 Å². The van der Waals surface area contributed by atoms with E-state index < -0.39 is 0 Å². The topological polar surface area (TPSA) is 65.7 Å². The standard InChI is InChI=1S/C20H31N5O.HI/c1-7-21-19(23-12-15-8-10-16(11-9-15)25(5)6)24-14-18-22-13-17(26-18)20(2,3)4;/h8-11,13H,7,12,14H2,1-6H3,(H2,21,23,24);1H. The fourth-order valence-electron chi connectivity index (χ4n) is 2.31. The van der Waals surface area contributed by atoms with Crippen LogP contribution in [-0.4, -0.2) is 31.6 Å². The van der Waals surface area contributed by atoms with Gasteiger partial charge < -0.3 is 20.0 Å². The Morgan fingerprint density at radius 1 is 1.15 bits per heavy atom. The number of guanidine groups is 1. The average Bonchev–Trinajstić information content (AvgIpc) is 3.07. The van der Waals surface area contributed by atoms with E-state index in [2.05, 4.69) is 70.5 Å². The first-order valence-electron chi connectivity index (χ1n) is 9.03. The second kappa shape index (κ2) is 10.5. The molecule has 0 aliphatic heterocycles. The summed E-state index contributed by atoms with van der Waals surface area (Å²) in [5, 5.41) is 6.53. The molecule has 0 aliphatic carbocycles. The molecule has 0 saturated heterocycles. The van der Waals surface area contributed by atoms with E-state index >= 15 is 0 Å². The largest absolute Gasteiger partial charge is 0.443 e. The monoisotopic (exact) mass is 485 g/mol. The van der Waals surface area contributed by atoms with Crippen LogP contribution in [0, 0.1) is 0 Å². The van der Waals surface area contributed by atoms with Gasteiger partial charge in [-0.3, -0.25) is 0 Å². The maximum Gasteiger partial charge on any atom is 0.213 e. The van der Waals surface area contributed by atoms with Crippen LogP contribution in [0.1, 0.15) is 44.9 Å². The van der Waals surface area contributed by atoms with Gasteiger partial charge in [-0.25, -0.2) is 9.98 Å². The van der Waals surface area contributed by atoms with Crippen molar-refractivity contribution < 1.29 is 4.42 Å². The molecule has 0 unspecified atom stereocenters. The predicted molar refractivity (Wildman–Crippen MR) is 123 cm³/mol. The lowest BCUT2D eigenvalue weighted by Gasteiger charge is -2.14. The summed E-state index contributed by atoms with van der Waals surface area (Å²) in [6, 6.07) is 8.41. The van der Waals surface area contributed by atoms with Gasteiger partial charge in [0.2, 0.25) is 5.89 Å². The molecule has 0 spiro atoms. The molecule has 0 saturated carbocycles. The van der Waals surface area contributed by atoms with Crippen LogP contribution in [0.15, 0.2) is 39.9 Å². The Hall–Kier alpha value is -1.77. The Balaban J connectivity index is 0.00000364. The maximum atomic E-state index is 5.81. The van der Waals surface area contributed by atoms with Crippen molar-refractivity contribution in [2.24, 2.45) is 4.99 Å². The summed E-state index contributed by atoms with van der Waals surface area (Å²) in [6.07, 6.45) is 1.80. The first-order valence-corrected chi connectivity index (χ1v) is 9.03. The van der Waals surface area contributed by atoms with Crippen molar-refractivity contribution >= 4 is 35.6 Å². The molecule has 2 N–H and O–H groups in total. The zero-order valence-corrected chi connectivity index (χ0v) is 19.5. The number of hydrogen-bond acceptors (Lipinski definition) is 4. The number of nitrogens with zero attached hydrogens (tertiary/aromatic N) is 3. The Morgan fingerprint density at radius 2 is 1.81 bits per heavy atom. The molecule has 2 aromatic rings. The quantitative estimate of drug-likeness (QED) is 0.369. The van der Waals surface area contributed by atoms with E-state index in [0.717, 1.165) is 18.3 Å². The summed E-state index contributed by atoms with van der Waals surface area (Å²) in [6.45, 7) is 10.3. The predicted octanol–water partition coefficient (Wildman–Crippen LogP) is 3.91. The Morgan fingerprint density at radius 3 is 2.33 bits per heavy atom. The Kier molecular flexibility index (Phi) is 9.08. The van der Waals surface area contributed by atoms with E-state index in [-0.39, 0.29) is 29.4 Å². The number of aliphatic imine (C=N–C) groups is 1. The zero-order chi connectivity index (χ0) is 19.2. The third-order valence-electron chi connectivity index (χ3n) is 3.92. The van der Waals surface area contributed by atoms with Crippen LogP contribution < -0.4 is 15.5 Å². The van der Waals surface area contributed by atoms with E-state index in [1.807, 2.05) is 21.0 Å². The number of rotatable bonds is 6. The van der Waals surface area contributed by atoms with Crippen LogP contribution in [0.2, 0.25) is 0 Å². The van der Waals surface area contributed by atoms with Gasteiger partial charge in [-0.05, 0) is 24.6 Å². The van der Waals surface area contributed by atoms with Gasteiger partial charge in [0, 0.05) is 31.7 Å². The number of halogens is 1. The van der Waals surface area contributed by atoms with Crippen LogP contribution in [0.25, 0.3) is 0 Å². The first-order chi connectivity index (χ1) is 12.3. The molecule has 27 heavy (non-hydrogen) atoms. The number of aromatic nitrogens is 1. The van der Waals surface area contributed by atoms with Gasteiger partial charge in [0.25, 0.3) is 0 Å². The average molecular weight is 485 g/mol. The van der Waals surface area contributed by atoms with Crippen molar-refractivity contribution in [2.75, 3.05) is 25.5 Å². The number of hydrogen-bond donors (Lipinski definition) is 2. The number of benzene rings is 1. The fraction of sp³-hybridized carbons (Fsp3) is 0.500. The molecule has 0 amide bonds.